The molecule has 112 valence electrons. The average Bonchev–Trinajstić information content (AvgIpc) is 2.40. The van der Waals surface area contributed by atoms with Gasteiger partial charge in [0.2, 0.25) is 0 Å². The zero-order chi connectivity index (χ0) is 14.6. The van der Waals surface area contributed by atoms with Gasteiger partial charge in [0.15, 0.2) is 0 Å². The van der Waals surface area contributed by atoms with Crippen LogP contribution in [-0.4, -0.2) is 6.54 Å². The topological polar surface area (TPSA) is 12.0 Å². The molecule has 0 spiro atoms. The molecule has 2 unspecified atom stereocenters. The van der Waals surface area contributed by atoms with Gasteiger partial charge >= 0.3 is 6.18 Å². The Morgan fingerprint density at radius 2 is 1.95 bits per heavy atom. The van der Waals surface area contributed by atoms with Crippen molar-refractivity contribution in [3.8, 4) is 0 Å². The molecule has 0 amide bonds. The quantitative estimate of drug-likeness (QED) is 0.851. The van der Waals surface area contributed by atoms with Crippen LogP contribution < -0.4 is 5.32 Å². The first-order chi connectivity index (χ1) is 9.47. The summed E-state index contributed by atoms with van der Waals surface area (Å²) in [7, 11) is 0. The number of rotatable bonds is 4. The molecule has 20 heavy (non-hydrogen) atoms. The van der Waals surface area contributed by atoms with E-state index in [1.807, 2.05) is 0 Å². The van der Waals surface area contributed by atoms with Gasteiger partial charge in [-0.25, -0.2) is 0 Å². The number of benzene rings is 1. The van der Waals surface area contributed by atoms with Gasteiger partial charge in [-0.3, -0.25) is 0 Å². The highest BCUT2D eigenvalue weighted by atomic mass is 19.4. The highest BCUT2D eigenvalue weighted by Crippen LogP contribution is 2.30. The van der Waals surface area contributed by atoms with Crippen LogP contribution in [-0.2, 0) is 12.7 Å². The normalized spacial score (nSPS) is 23.8. The molecule has 0 saturated heterocycles. The summed E-state index contributed by atoms with van der Waals surface area (Å²) in [5, 5.41) is 3.31. The molecular weight excluding hydrogens is 263 g/mol. The monoisotopic (exact) mass is 285 g/mol. The SMILES string of the molecule is CC1CCCCC1CNCc1cccc(C(F)(F)F)c1. The fourth-order valence-corrected chi connectivity index (χ4v) is 2.96. The molecule has 0 aromatic heterocycles. The molecule has 4 heteroatoms. The molecule has 0 aliphatic heterocycles. The van der Waals surface area contributed by atoms with Gasteiger partial charge in [-0.1, -0.05) is 44.4 Å². The molecule has 1 N–H and O–H groups in total. The molecule has 1 aromatic rings. The average molecular weight is 285 g/mol. The van der Waals surface area contributed by atoms with Crippen molar-refractivity contribution < 1.29 is 13.2 Å². The molecule has 0 radical (unpaired) electrons. The van der Waals surface area contributed by atoms with E-state index in [1.54, 1.807) is 6.07 Å². The van der Waals surface area contributed by atoms with Crippen molar-refractivity contribution in [2.75, 3.05) is 6.54 Å². The van der Waals surface area contributed by atoms with Gasteiger partial charge < -0.3 is 5.32 Å². The summed E-state index contributed by atoms with van der Waals surface area (Å²) in [4.78, 5) is 0. The smallest absolute Gasteiger partial charge is 0.312 e. The number of alkyl halides is 3. The first kappa shape index (κ1) is 15.4. The molecule has 1 aromatic carbocycles. The zero-order valence-corrected chi connectivity index (χ0v) is 11.8. The molecule has 1 fully saturated rings. The van der Waals surface area contributed by atoms with Crippen molar-refractivity contribution in [3.05, 3.63) is 35.4 Å². The van der Waals surface area contributed by atoms with E-state index >= 15 is 0 Å². The maximum Gasteiger partial charge on any atom is 0.416 e. The lowest BCUT2D eigenvalue weighted by Crippen LogP contribution is -2.29. The van der Waals surface area contributed by atoms with Gasteiger partial charge in [-0.05, 0) is 36.4 Å². The predicted molar refractivity (Wildman–Crippen MR) is 74.3 cm³/mol. The molecule has 2 rings (SSSR count). The molecule has 0 heterocycles. The van der Waals surface area contributed by atoms with Crippen LogP contribution in [0.4, 0.5) is 13.2 Å². The highest BCUT2D eigenvalue weighted by Gasteiger charge is 2.30. The maximum absolute atomic E-state index is 12.6. The van der Waals surface area contributed by atoms with E-state index in [4.69, 9.17) is 0 Å². The van der Waals surface area contributed by atoms with E-state index in [-0.39, 0.29) is 0 Å². The van der Waals surface area contributed by atoms with E-state index in [0.29, 0.717) is 18.0 Å². The maximum atomic E-state index is 12.6. The molecule has 2 atom stereocenters. The summed E-state index contributed by atoms with van der Waals surface area (Å²) in [5.41, 5.74) is 0.131. The summed E-state index contributed by atoms with van der Waals surface area (Å²) in [6, 6.07) is 5.57. The van der Waals surface area contributed by atoms with Crippen LogP contribution in [0.15, 0.2) is 24.3 Å². The van der Waals surface area contributed by atoms with E-state index in [9.17, 15) is 13.2 Å². The van der Waals surface area contributed by atoms with Crippen molar-refractivity contribution >= 4 is 0 Å². The second kappa shape index (κ2) is 6.61. The summed E-state index contributed by atoms with van der Waals surface area (Å²) in [5.74, 6) is 1.38. The van der Waals surface area contributed by atoms with E-state index in [1.165, 1.54) is 37.8 Å². The second-order valence-corrected chi connectivity index (χ2v) is 5.85. The van der Waals surface area contributed by atoms with Crippen LogP contribution >= 0.6 is 0 Å². The molecule has 0 bridgehead atoms. The van der Waals surface area contributed by atoms with Crippen LogP contribution in [0.5, 0.6) is 0 Å². The van der Waals surface area contributed by atoms with Gasteiger partial charge in [-0.2, -0.15) is 13.2 Å². The number of hydrogen-bond donors (Lipinski definition) is 1. The highest BCUT2D eigenvalue weighted by molar-refractivity contribution is 5.25. The van der Waals surface area contributed by atoms with E-state index < -0.39 is 11.7 Å². The lowest BCUT2D eigenvalue weighted by molar-refractivity contribution is -0.137. The van der Waals surface area contributed by atoms with Crippen LogP contribution in [0.25, 0.3) is 0 Å². The largest absolute Gasteiger partial charge is 0.416 e. The third kappa shape index (κ3) is 4.23. The van der Waals surface area contributed by atoms with Crippen molar-refractivity contribution in [3.63, 3.8) is 0 Å². The standard InChI is InChI=1S/C16H22F3N/c1-12-5-2-3-7-14(12)11-20-10-13-6-4-8-15(9-13)16(17,18)19/h4,6,8-9,12,14,20H,2-3,5,7,10-11H2,1H3. The van der Waals surface area contributed by atoms with Crippen molar-refractivity contribution in [1.82, 2.24) is 5.32 Å². The van der Waals surface area contributed by atoms with Crippen molar-refractivity contribution in [1.29, 1.82) is 0 Å². The van der Waals surface area contributed by atoms with Crippen LogP contribution in [0.2, 0.25) is 0 Å². The Hall–Kier alpha value is -1.03. The predicted octanol–water partition coefficient (Wildman–Crippen LogP) is 4.62. The first-order valence-electron chi connectivity index (χ1n) is 7.33. The van der Waals surface area contributed by atoms with E-state index in [0.717, 1.165) is 18.5 Å². The minimum Gasteiger partial charge on any atom is -0.312 e. The Balaban J connectivity index is 1.85. The lowest BCUT2D eigenvalue weighted by Gasteiger charge is -2.28. The fourth-order valence-electron chi connectivity index (χ4n) is 2.96. The Labute approximate surface area is 118 Å². The van der Waals surface area contributed by atoms with Crippen molar-refractivity contribution in [2.45, 2.75) is 45.3 Å². The van der Waals surface area contributed by atoms with Crippen LogP contribution in [0.3, 0.4) is 0 Å². The van der Waals surface area contributed by atoms with E-state index in [2.05, 4.69) is 12.2 Å². The fraction of sp³-hybridized carbons (Fsp3) is 0.625. The molecule has 1 nitrogen and oxygen atoms in total. The summed E-state index contributed by atoms with van der Waals surface area (Å²) in [6.07, 6.45) is 0.839. The minimum atomic E-state index is -4.26. The molecule has 1 aliphatic rings. The summed E-state index contributed by atoms with van der Waals surface area (Å²) >= 11 is 0. The Bertz CT molecular complexity index is 428. The Morgan fingerprint density at radius 1 is 1.20 bits per heavy atom. The second-order valence-electron chi connectivity index (χ2n) is 5.85. The van der Waals surface area contributed by atoms with Gasteiger partial charge in [0.25, 0.3) is 0 Å². The number of halogens is 3. The van der Waals surface area contributed by atoms with Gasteiger partial charge in [-0.15, -0.1) is 0 Å². The van der Waals surface area contributed by atoms with Gasteiger partial charge in [0.1, 0.15) is 0 Å². The molecule has 1 aliphatic carbocycles. The minimum absolute atomic E-state index is 0.507. The first-order valence-corrected chi connectivity index (χ1v) is 7.33. The van der Waals surface area contributed by atoms with Crippen molar-refractivity contribution in [2.24, 2.45) is 11.8 Å². The Kier molecular flexibility index (Phi) is 5.08. The van der Waals surface area contributed by atoms with Crippen LogP contribution in [0, 0.1) is 11.8 Å². The Morgan fingerprint density at radius 3 is 2.65 bits per heavy atom. The third-order valence-corrected chi connectivity index (χ3v) is 4.28. The van der Waals surface area contributed by atoms with Crippen LogP contribution in [0.1, 0.15) is 43.7 Å². The number of hydrogen-bond acceptors (Lipinski definition) is 1. The number of nitrogens with one attached hydrogen (secondary N) is 1. The molecule has 1 saturated carbocycles. The third-order valence-electron chi connectivity index (χ3n) is 4.28. The summed E-state index contributed by atoms with van der Waals surface area (Å²) in [6.45, 7) is 3.68. The molecular formula is C16H22F3N. The van der Waals surface area contributed by atoms with Gasteiger partial charge in [0.05, 0.1) is 5.56 Å². The summed E-state index contributed by atoms with van der Waals surface area (Å²) < 4.78 is 37.8. The van der Waals surface area contributed by atoms with Gasteiger partial charge in [0, 0.05) is 6.54 Å². The lowest BCUT2D eigenvalue weighted by atomic mass is 9.80. The zero-order valence-electron chi connectivity index (χ0n) is 11.8.